The third-order valence-corrected chi connectivity index (χ3v) is 3.91. The molecule has 0 fully saturated rings. The van der Waals surface area contributed by atoms with E-state index in [1.54, 1.807) is 12.1 Å². The van der Waals surface area contributed by atoms with Gasteiger partial charge < -0.3 is 5.32 Å². The van der Waals surface area contributed by atoms with Gasteiger partial charge in [0.25, 0.3) is 5.91 Å². The second-order valence-electron chi connectivity index (χ2n) is 5.40. The second-order valence-corrected chi connectivity index (χ2v) is 5.83. The van der Waals surface area contributed by atoms with Gasteiger partial charge in [-0.1, -0.05) is 60.1 Å². The molecular formula is C20H15ClFNO. The zero-order valence-corrected chi connectivity index (χ0v) is 13.6. The van der Waals surface area contributed by atoms with Crippen LogP contribution in [0.5, 0.6) is 0 Å². The van der Waals surface area contributed by atoms with E-state index in [4.69, 9.17) is 11.6 Å². The lowest BCUT2D eigenvalue weighted by Gasteiger charge is -2.11. The number of anilines is 1. The maximum absolute atomic E-state index is 13.9. The summed E-state index contributed by atoms with van der Waals surface area (Å²) >= 11 is 5.73. The van der Waals surface area contributed by atoms with Crippen molar-refractivity contribution in [3.05, 3.63) is 100 Å². The van der Waals surface area contributed by atoms with Crippen molar-refractivity contribution < 1.29 is 9.18 Å². The van der Waals surface area contributed by atoms with E-state index in [2.05, 4.69) is 5.32 Å². The van der Waals surface area contributed by atoms with Gasteiger partial charge in [-0.2, -0.15) is 0 Å². The number of amides is 1. The Morgan fingerprint density at radius 2 is 1.67 bits per heavy atom. The summed E-state index contributed by atoms with van der Waals surface area (Å²) in [7, 11) is 0. The number of carbonyl (C=O) groups excluding carboxylic acids is 1. The van der Waals surface area contributed by atoms with Gasteiger partial charge >= 0.3 is 0 Å². The summed E-state index contributed by atoms with van der Waals surface area (Å²) in [4.78, 5) is 12.6. The summed E-state index contributed by atoms with van der Waals surface area (Å²) in [5.41, 5.74) is 2.63. The van der Waals surface area contributed by atoms with Gasteiger partial charge in [-0.15, -0.1) is 0 Å². The minimum absolute atomic E-state index is 0.110. The van der Waals surface area contributed by atoms with Crippen LogP contribution >= 0.6 is 11.6 Å². The molecular weight excluding hydrogens is 325 g/mol. The minimum Gasteiger partial charge on any atom is -0.319 e. The summed E-state index contributed by atoms with van der Waals surface area (Å²) < 4.78 is 13.9. The van der Waals surface area contributed by atoms with Crippen molar-refractivity contribution in [3.8, 4) is 0 Å². The highest BCUT2D eigenvalue weighted by Crippen LogP contribution is 2.21. The van der Waals surface area contributed by atoms with E-state index < -0.39 is 5.82 Å². The summed E-state index contributed by atoms with van der Waals surface area (Å²) in [5, 5.41) is 2.89. The Morgan fingerprint density at radius 1 is 0.958 bits per heavy atom. The number of hydrogen-bond acceptors (Lipinski definition) is 1. The number of hydrogen-bond donors (Lipinski definition) is 1. The number of nitrogens with one attached hydrogen (secondary N) is 1. The molecule has 0 unspecified atom stereocenters. The predicted molar refractivity (Wildman–Crippen MR) is 95.1 cm³/mol. The SMILES string of the molecule is O=C(Nc1ccc(Cl)cc1F)c1ccccc1Cc1ccccc1. The first-order valence-electron chi connectivity index (χ1n) is 7.52. The molecule has 0 aliphatic rings. The molecule has 0 saturated carbocycles. The molecule has 2 nitrogen and oxygen atoms in total. The molecule has 0 spiro atoms. The normalized spacial score (nSPS) is 10.4. The molecule has 0 heterocycles. The van der Waals surface area contributed by atoms with E-state index in [1.165, 1.54) is 18.2 Å². The van der Waals surface area contributed by atoms with Crippen LogP contribution < -0.4 is 5.32 Å². The summed E-state index contributed by atoms with van der Waals surface area (Å²) in [5.74, 6) is -0.904. The summed E-state index contributed by atoms with van der Waals surface area (Å²) in [6, 6.07) is 21.4. The maximum Gasteiger partial charge on any atom is 0.256 e. The van der Waals surface area contributed by atoms with Crippen LogP contribution in [0, 0.1) is 5.82 Å². The largest absolute Gasteiger partial charge is 0.319 e. The van der Waals surface area contributed by atoms with Crippen molar-refractivity contribution in [1.82, 2.24) is 0 Å². The Bertz CT molecular complexity index is 865. The van der Waals surface area contributed by atoms with Gasteiger partial charge in [0, 0.05) is 10.6 Å². The van der Waals surface area contributed by atoms with Crippen LogP contribution in [0.15, 0.2) is 72.8 Å². The van der Waals surface area contributed by atoms with Crippen LogP contribution in [0.4, 0.5) is 10.1 Å². The Hall–Kier alpha value is -2.65. The molecule has 4 heteroatoms. The molecule has 0 radical (unpaired) electrons. The molecule has 3 aromatic carbocycles. The van der Waals surface area contributed by atoms with Crippen LogP contribution in [0.3, 0.4) is 0 Å². The lowest BCUT2D eigenvalue weighted by molar-refractivity contribution is 0.102. The van der Waals surface area contributed by atoms with E-state index in [0.717, 1.165) is 11.1 Å². The fourth-order valence-corrected chi connectivity index (χ4v) is 2.65. The van der Waals surface area contributed by atoms with E-state index in [1.807, 2.05) is 42.5 Å². The Kier molecular flexibility index (Phi) is 4.92. The van der Waals surface area contributed by atoms with E-state index in [9.17, 15) is 9.18 Å². The molecule has 0 atom stereocenters. The molecule has 1 amide bonds. The average Bonchev–Trinajstić information content (AvgIpc) is 2.59. The number of carbonyl (C=O) groups is 1. The van der Waals surface area contributed by atoms with Crippen LogP contribution in [0.2, 0.25) is 5.02 Å². The topological polar surface area (TPSA) is 29.1 Å². The van der Waals surface area contributed by atoms with Crippen LogP contribution in [0.25, 0.3) is 0 Å². The predicted octanol–water partition coefficient (Wildman–Crippen LogP) is 5.32. The van der Waals surface area contributed by atoms with Crippen molar-refractivity contribution in [2.45, 2.75) is 6.42 Å². The van der Waals surface area contributed by atoms with E-state index in [-0.39, 0.29) is 16.6 Å². The van der Waals surface area contributed by atoms with E-state index in [0.29, 0.717) is 12.0 Å². The number of benzene rings is 3. The first-order chi connectivity index (χ1) is 11.6. The highest BCUT2D eigenvalue weighted by Gasteiger charge is 2.13. The Morgan fingerprint density at radius 3 is 2.42 bits per heavy atom. The van der Waals surface area contributed by atoms with Gasteiger partial charge in [-0.3, -0.25) is 4.79 Å². The molecule has 0 aliphatic carbocycles. The fourth-order valence-electron chi connectivity index (χ4n) is 2.49. The second kappa shape index (κ2) is 7.28. The van der Waals surface area contributed by atoms with Crippen LogP contribution in [-0.2, 0) is 6.42 Å². The van der Waals surface area contributed by atoms with Crippen molar-refractivity contribution in [2.24, 2.45) is 0 Å². The highest BCUT2D eigenvalue weighted by molar-refractivity contribution is 6.30. The van der Waals surface area contributed by atoms with Gasteiger partial charge in [-0.25, -0.2) is 4.39 Å². The highest BCUT2D eigenvalue weighted by atomic mass is 35.5. The third-order valence-electron chi connectivity index (χ3n) is 3.68. The summed E-state index contributed by atoms with van der Waals surface area (Å²) in [6.45, 7) is 0. The zero-order chi connectivity index (χ0) is 16.9. The Labute approximate surface area is 144 Å². The lowest BCUT2D eigenvalue weighted by Crippen LogP contribution is -2.15. The van der Waals surface area contributed by atoms with Crippen molar-refractivity contribution in [1.29, 1.82) is 0 Å². The van der Waals surface area contributed by atoms with Gasteiger partial charge in [0.15, 0.2) is 0 Å². The van der Waals surface area contributed by atoms with Gasteiger partial charge in [0.2, 0.25) is 0 Å². The van der Waals surface area contributed by atoms with Crippen molar-refractivity contribution in [3.63, 3.8) is 0 Å². The number of rotatable bonds is 4. The van der Waals surface area contributed by atoms with Crippen LogP contribution in [0.1, 0.15) is 21.5 Å². The lowest BCUT2D eigenvalue weighted by atomic mass is 9.99. The smallest absolute Gasteiger partial charge is 0.256 e. The van der Waals surface area contributed by atoms with Crippen molar-refractivity contribution in [2.75, 3.05) is 5.32 Å². The van der Waals surface area contributed by atoms with Crippen LogP contribution in [-0.4, -0.2) is 5.91 Å². The van der Waals surface area contributed by atoms with Gasteiger partial charge in [0.05, 0.1) is 5.69 Å². The molecule has 0 aromatic heterocycles. The van der Waals surface area contributed by atoms with Gasteiger partial charge in [0.1, 0.15) is 5.82 Å². The quantitative estimate of drug-likeness (QED) is 0.684. The van der Waals surface area contributed by atoms with Crippen molar-refractivity contribution >= 4 is 23.2 Å². The molecule has 3 aromatic rings. The molecule has 0 aliphatic heterocycles. The average molecular weight is 340 g/mol. The maximum atomic E-state index is 13.9. The molecule has 0 saturated heterocycles. The van der Waals surface area contributed by atoms with E-state index >= 15 is 0 Å². The molecule has 0 bridgehead atoms. The first-order valence-corrected chi connectivity index (χ1v) is 7.89. The molecule has 24 heavy (non-hydrogen) atoms. The standard InChI is InChI=1S/C20H15ClFNO/c21-16-10-11-19(18(22)13-16)23-20(24)17-9-5-4-8-15(17)12-14-6-2-1-3-7-14/h1-11,13H,12H2,(H,23,24). The molecule has 3 rings (SSSR count). The Balaban J connectivity index is 1.85. The summed E-state index contributed by atoms with van der Waals surface area (Å²) in [6.07, 6.45) is 0.632. The third kappa shape index (κ3) is 3.81. The minimum atomic E-state index is -0.559. The number of halogens is 2. The monoisotopic (exact) mass is 339 g/mol. The fraction of sp³-hybridized carbons (Fsp3) is 0.0500. The first kappa shape index (κ1) is 16.2. The van der Waals surface area contributed by atoms with Gasteiger partial charge in [-0.05, 0) is 41.8 Å². The molecule has 120 valence electrons. The zero-order valence-electron chi connectivity index (χ0n) is 12.8. The molecule has 1 N–H and O–H groups in total.